The molecule has 1 atom stereocenters. The maximum atomic E-state index is 11.5. The van der Waals surface area contributed by atoms with Gasteiger partial charge in [0.05, 0.1) is 6.54 Å². The van der Waals surface area contributed by atoms with Gasteiger partial charge in [0.1, 0.15) is 12.7 Å². The molecule has 1 aromatic rings. The molecule has 0 aromatic carbocycles. The summed E-state index contributed by atoms with van der Waals surface area (Å²) in [6.45, 7) is 3.09. The Morgan fingerprint density at radius 3 is 2.79 bits per heavy atom. The van der Waals surface area contributed by atoms with Crippen molar-refractivity contribution >= 4 is 11.9 Å². The van der Waals surface area contributed by atoms with Crippen LogP contribution in [0.4, 0.5) is 0 Å². The van der Waals surface area contributed by atoms with Crippen LogP contribution in [-0.4, -0.2) is 38.3 Å². The Morgan fingerprint density at radius 2 is 2.16 bits per heavy atom. The second-order valence-corrected chi connectivity index (χ2v) is 4.58. The molecule has 0 aliphatic carbocycles. The predicted octanol–water partition coefficient (Wildman–Crippen LogP) is 0.675. The molecule has 0 radical (unpaired) electrons. The largest absolute Gasteiger partial charge is 0.481 e. The van der Waals surface area contributed by atoms with E-state index in [2.05, 4.69) is 15.4 Å². The summed E-state index contributed by atoms with van der Waals surface area (Å²) in [7, 11) is 0. The van der Waals surface area contributed by atoms with Gasteiger partial charge in [-0.05, 0) is 18.8 Å². The molecule has 1 aromatic heterocycles. The third-order valence-corrected chi connectivity index (χ3v) is 2.84. The van der Waals surface area contributed by atoms with Crippen LogP contribution in [0.5, 0.6) is 0 Å². The molecule has 0 aliphatic rings. The number of aryl methyl sites for hydroxylation is 1. The van der Waals surface area contributed by atoms with Gasteiger partial charge in [-0.3, -0.25) is 14.3 Å². The van der Waals surface area contributed by atoms with Crippen LogP contribution in [0.3, 0.4) is 0 Å². The van der Waals surface area contributed by atoms with Crippen LogP contribution in [0.15, 0.2) is 12.7 Å². The summed E-state index contributed by atoms with van der Waals surface area (Å²) in [4.78, 5) is 25.7. The minimum Gasteiger partial charge on any atom is -0.481 e. The summed E-state index contributed by atoms with van der Waals surface area (Å²) in [6, 6.07) is 0. The normalized spacial score (nSPS) is 12.1. The molecule has 19 heavy (non-hydrogen) atoms. The SMILES string of the molecule is CC(CCNC(=O)CCn1cncn1)CCC(=O)O. The zero-order chi connectivity index (χ0) is 14.1. The molecule has 0 bridgehead atoms. The molecule has 0 spiro atoms. The molecule has 7 nitrogen and oxygen atoms in total. The third-order valence-electron chi connectivity index (χ3n) is 2.84. The third kappa shape index (κ3) is 7.17. The van der Waals surface area contributed by atoms with E-state index in [9.17, 15) is 9.59 Å². The van der Waals surface area contributed by atoms with Crippen molar-refractivity contribution in [3.8, 4) is 0 Å². The van der Waals surface area contributed by atoms with Crippen molar-refractivity contribution in [2.45, 2.75) is 39.2 Å². The number of hydrogen-bond donors (Lipinski definition) is 2. The molecule has 2 N–H and O–H groups in total. The van der Waals surface area contributed by atoms with E-state index in [0.717, 1.165) is 6.42 Å². The minimum atomic E-state index is -0.774. The molecule has 0 saturated heterocycles. The molecule has 1 unspecified atom stereocenters. The lowest BCUT2D eigenvalue weighted by molar-refractivity contribution is -0.137. The first-order chi connectivity index (χ1) is 9.08. The van der Waals surface area contributed by atoms with E-state index < -0.39 is 5.97 Å². The minimum absolute atomic E-state index is 0.0269. The number of carbonyl (C=O) groups is 2. The van der Waals surface area contributed by atoms with Crippen LogP contribution in [0.2, 0.25) is 0 Å². The maximum absolute atomic E-state index is 11.5. The first-order valence-corrected chi connectivity index (χ1v) is 6.39. The number of carboxylic acids is 1. The summed E-state index contributed by atoms with van der Waals surface area (Å²) in [6.07, 6.45) is 4.99. The van der Waals surface area contributed by atoms with Crippen molar-refractivity contribution < 1.29 is 14.7 Å². The number of nitrogens with zero attached hydrogens (tertiary/aromatic N) is 3. The predicted molar refractivity (Wildman–Crippen MR) is 68.3 cm³/mol. The number of hydrogen-bond acceptors (Lipinski definition) is 4. The average molecular weight is 268 g/mol. The Balaban J connectivity index is 2.05. The van der Waals surface area contributed by atoms with E-state index in [1.807, 2.05) is 6.92 Å². The number of nitrogens with one attached hydrogen (secondary N) is 1. The Hall–Kier alpha value is -1.92. The molecule has 1 rings (SSSR count). The van der Waals surface area contributed by atoms with Gasteiger partial charge in [0.15, 0.2) is 0 Å². The van der Waals surface area contributed by atoms with Gasteiger partial charge in [0.2, 0.25) is 5.91 Å². The zero-order valence-corrected chi connectivity index (χ0v) is 11.1. The highest BCUT2D eigenvalue weighted by molar-refractivity contribution is 5.75. The number of aliphatic carboxylic acids is 1. The number of rotatable bonds is 9. The number of amides is 1. The van der Waals surface area contributed by atoms with Crippen LogP contribution >= 0.6 is 0 Å². The van der Waals surface area contributed by atoms with Crippen molar-refractivity contribution in [3.63, 3.8) is 0 Å². The molecular formula is C12H20N4O3. The van der Waals surface area contributed by atoms with Crippen molar-refractivity contribution in [1.82, 2.24) is 20.1 Å². The summed E-state index contributed by atoms with van der Waals surface area (Å²) in [5, 5.41) is 15.3. The van der Waals surface area contributed by atoms with Gasteiger partial charge in [-0.1, -0.05) is 6.92 Å². The summed E-state index contributed by atoms with van der Waals surface area (Å²) in [5.41, 5.74) is 0. The second kappa shape index (κ2) is 8.23. The van der Waals surface area contributed by atoms with Crippen molar-refractivity contribution in [1.29, 1.82) is 0 Å². The summed E-state index contributed by atoms with van der Waals surface area (Å²) >= 11 is 0. The van der Waals surface area contributed by atoms with E-state index >= 15 is 0 Å². The Morgan fingerprint density at radius 1 is 1.37 bits per heavy atom. The quantitative estimate of drug-likeness (QED) is 0.686. The Kier molecular flexibility index (Phi) is 6.56. The molecular weight excluding hydrogens is 248 g/mol. The highest BCUT2D eigenvalue weighted by Crippen LogP contribution is 2.09. The lowest BCUT2D eigenvalue weighted by Gasteiger charge is -2.10. The van der Waals surface area contributed by atoms with Gasteiger partial charge in [0.25, 0.3) is 0 Å². The van der Waals surface area contributed by atoms with E-state index in [1.54, 1.807) is 11.0 Å². The first kappa shape index (κ1) is 15.1. The first-order valence-electron chi connectivity index (χ1n) is 6.39. The highest BCUT2D eigenvalue weighted by atomic mass is 16.4. The fourth-order valence-electron chi connectivity index (χ4n) is 1.62. The highest BCUT2D eigenvalue weighted by Gasteiger charge is 2.07. The van der Waals surface area contributed by atoms with Gasteiger partial charge >= 0.3 is 5.97 Å². The lowest BCUT2D eigenvalue weighted by Crippen LogP contribution is -2.26. The van der Waals surface area contributed by atoms with Gasteiger partial charge in [-0.15, -0.1) is 0 Å². The average Bonchev–Trinajstić information content (AvgIpc) is 2.87. The molecule has 1 heterocycles. The van der Waals surface area contributed by atoms with Crippen LogP contribution < -0.4 is 5.32 Å². The molecule has 7 heteroatoms. The molecule has 106 valence electrons. The number of carbonyl (C=O) groups excluding carboxylic acids is 1. The van der Waals surface area contributed by atoms with Crippen molar-refractivity contribution in [2.75, 3.05) is 6.54 Å². The van der Waals surface area contributed by atoms with Crippen LogP contribution in [-0.2, 0) is 16.1 Å². The van der Waals surface area contributed by atoms with Crippen LogP contribution in [0.25, 0.3) is 0 Å². The topological polar surface area (TPSA) is 97.1 Å². The second-order valence-electron chi connectivity index (χ2n) is 4.58. The Bertz CT molecular complexity index is 392. The van der Waals surface area contributed by atoms with Gasteiger partial charge in [0, 0.05) is 19.4 Å². The van der Waals surface area contributed by atoms with Crippen molar-refractivity contribution in [2.24, 2.45) is 5.92 Å². The molecule has 0 aliphatic heterocycles. The molecule has 0 saturated carbocycles. The number of carboxylic acid groups (broad SMARTS) is 1. The molecule has 0 fully saturated rings. The monoisotopic (exact) mass is 268 g/mol. The number of aromatic nitrogens is 3. The molecule has 1 amide bonds. The fourth-order valence-corrected chi connectivity index (χ4v) is 1.62. The van der Waals surface area contributed by atoms with Crippen molar-refractivity contribution in [3.05, 3.63) is 12.7 Å². The van der Waals surface area contributed by atoms with E-state index in [-0.39, 0.29) is 12.3 Å². The Labute approximate surface area is 112 Å². The zero-order valence-electron chi connectivity index (χ0n) is 11.1. The van der Waals surface area contributed by atoms with Crippen LogP contribution in [0.1, 0.15) is 32.6 Å². The fraction of sp³-hybridized carbons (Fsp3) is 0.667. The summed E-state index contributed by atoms with van der Waals surface area (Å²) < 4.78 is 1.61. The van der Waals surface area contributed by atoms with E-state index in [1.165, 1.54) is 6.33 Å². The summed E-state index contributed by atoms with van der Waals surface area (Å²) in [5.74, 6) is -0.503. The van der Waals surface area contributed by atoms with E-state index in [4.69, 9.17) is 5.11 Å². The van der Waals surface area contributed by atoms with Gasteiger partial charge in [-0.25, -0.2) is 4.98 Å². The maximum Gasteiger partial charge on any atom is 0.303 e. The van der Waals surface area contributed by atoms with Crippen LogP contribution in [0, 0.1) is 5.92 Å². The van der Waals surface area contributed by atoms with Gasteiger partial charge < -0.3 is 10.4 Å². The van der Waals surface area contributed by atoms with Gasteiger partial charge in [-0.2, -0.15) is 5.10 Å². The lowest BCUT2D eigenvalue weighted by atomic mass is 10.0. The smallest absolute Gasteiger partial charge is 0.303 e. The standard InChI is InChI=1S/C12H20N4O3/c1-10(2-3-12(18)19)4-6-14-11(17)5-7-16-9-13-8-15-16/h8-10H,2-7H2,1H3,(H,14,17)(H,18,19). The van der Waals surface area contributed by atoms with E-state index in [0.29, 0.717) is 31.8 Å².